The number of carbonyl (C=O) groups is 1. The van der Waals surface area contributed by atoms with Gasteiger partial charge in [0, 0.05) is 30.4 Å². The van der Waals surface area contributed by atoms with Crippen LogP contribution in [0.2, 0.25) is 0 Å². The highest BCUT2D eigenvalue weighted by Crippen LogP contribution is 2.33. The molecule has 0 amide bonds. The zero-order chi connectivity index (χ0) is 26.8. The summed E-state index contributed by atoms with van der Waals surface area (Å²) in [6, 6.07) is 19.1. The summed E-state index contributed by atoms with van der Waals surface area (Å²) in [4.78, 5) is 51.3. The van der Waals surface area contributed by atoms with Gasteiger partial charge in [-0.25, -0.2) is 9.31 Å². The smallest absolute Gasteiger partial charge is 0.333 e. The molecule has 0 bridgehead atoms. The van der Waals surface area contributed by atoms with E-state index < -0.39 is 29.3 Å². The molecule has 0 radical (unpaired) electrons. The second kappa shape index (κ2) is 10.1. The van der Waals surface area contributed by atoms with Crippen LogP contribution in [-0.4, -0.2) is 41.6 Å². The number of rotatable bonds is 7. The number of methoxy groups -OCH3 is 1. The molecule has 5 aromatic rings. The highest BCUT2D eigenvalue weighted by molar-refractivity contribution is 5.90. The number of esters is 1. The molecule has 0 aliphatic heterocycles. The molecule has 4 heterocycles. The van der Waals surface area contributed by atoms with Crippen molar-refractivity contribution in [2.24, 2.45) is 0 Å². The van der Waals surface area contributed by atoms with Crippen LogP contribution in [-0.2, 0) is 22.6 Å². The third kappa shape index (κ3) is 4.34. The van der Waals surface area contributed by atoms with E-state index >= 15 is 0 Å². The molecule has 192 valence electrons. The molecule has 0 aliphatic rings. The lowest BCUT2D eigenvalue weighted by Gasteiger charge is -2.15. The second-order valence-electron chi connectivity index (χ2n) is 8.53. The molecule has 0 saturated heterocycles. The summed E-state index contributed by atoms with van der Waals surface area (Å²) in [6.07, 6.45) is 2.33. The zero-order valence-corrected chi connectivity index (χ0v) is 20.8. The van der Waals surface area contributed by atoms with Crippen molar-refractivity contribution in [2.45, 2.75) is 26.4 Å². The number of aromatic nitrogens is 6. The highest BCUT2D eigenvalue weighted by Gasteiger charge is 2.21. The van der Waals surface area contributed by atoms with Gasteiger partial charge in [-0.05, 0) is 24.6 Å². The van der Waals surface area contributed by atoms with Gasteiger partial charge in [0.1, 0.15) is 18.1 Å². The predicted octanol–water partition coefficient (Wildman–Crippen LogP) is 2.12. The highest BCUT2D eigenvalue weighted by atomic mass is 16.5. The van der Waals surface area contributed by atoms with E-state index in [4.69, 9.17) is 9.84 Å². The molecule has 0 spiro atoms. The Kier molecular flexibility index (Phi) is 6.56. The topological polar surface area (TPSA) is 122 Å². The number of hydrogen-bond donors (Lipinski definition) is 0. The fourth-order valence-electron chi connectivity index (χ4n) is 4.31. The maximum absolute atomic E-state index is 13.2. The van der Waals surface area contributed by atoms with Crippen LogP contribution in [0.3, 0.4) is 0 Å². The van der Waals surface area contributed by atoms with Crippen LogP contribution in [0, 0.1) is 0 Å². The van der Waals surface area contributed by atoms with Gasteiger partial charge >= 0.3 is 11.7 Å². The molecule has 11 nitrogen and oxygen atoms in total. The van der Waals surface area contributed by atoms with E-state index in [0.29, 0.717) is 23.4 Å². The minimum atomic E-state index is -0.736. The third-order valence-corrected chi connectivity index (χ3v) is 6.08. The van der Waals surface area contributed by atoms with Gasteiger partial charge in [0.15, 0.2) is 0 Å². The number of fused-ring (bicyclic) bond motifs is 1. The first kappa shape index (κ1) is 24.6. The summed E-state index contributed by atoms with van der Waals surface area (Å²) in [5.41, 5.74) is 1.35. The number of ether oxygens (including phenoxy) is 1. The molecule has 11 heteroatoms. The van der Waals surface area contributed by atoms with Gasteiger partial charge in [0.25, 0.3) is 11.1 Å². The van der Waals surface area contributed by atoms with Crippen molar-refractivity contribution < 1.29 is 9.53 Å². The third-order valence-electron chi connectivity index (χ3n) is 6.08. The SMILES string of the molecule is CCCn1c(=O)cc(-n2nc(-c3c(-c4ccccc4)nn4ccccc34)ccc2=O)n(CC(=O)OC)c1=O. The number of carbonyl (C=O) groups excluding carboxylic acids is 1. The standard InChI is InChI=1S/C27H24N6O5/c1-3-14-30-23(35)16-21(31(27(30)37)17-24(36)38-2)33-22(34)13-12-19(28-33)25-20-11-7-8-15-32(20)29-26(25)18-9-5-4-6-10-18/h4-13,15-16H,3,14,17H2,1-2H3. The normalized spacial score (nSPS) is 11.1. The Bertz CT molecular complexity index is 1830. The van der Waals surface area contributed by atoms with Crippen molar-refractivity contribution in [3.8, 4) is 28.3 Å². The molecule has 38 heavy (non-hydrogen) atoms. The van der Waals surface area contributed by atoms with Crippen molar-refractivity contribution in [1.29, 1.82) is 0 Å². The summed E-state index contributed by atoms with van der Waals surface area (Å²) in [6.45, 7) is 1.48. The summed E-state index contributed by atoms with van der Waals surface area (Å²) in [5, 5.41) is 9.30. The molecule has 0 aliphatic carbocycles. The van der Waals surface area contributed by atoms with Gasteiger partial charge in [-0.1, -0.05) is 43.3 Å². The lowest BCUT2D eigenvalue weighted by atomic mass is 10.0. The lowest BCUT2D eigenvalue weighted by Crippen LogP contribution is -2.43. The zero-order valence-electron chi connectivity index (χ0n) is 20.8. The van der Waals surface area contributed by atoms with Crippen LogP contribution >= 0.6 is 0 Å². The molecular weight excluding hydrogens is 488 g/mol. The van der Waals surface area contributed by atoms with E-state index in [9.17, 15) is 19.2 Å². The largest absolute Gasteiger partial charge is 0.468 e. The second-order valence-corrected chi connectivity index (χ2v) is 8.53. The fraction of sp³-hybridized carbons (Fsp3) is 0.185. The van der Waals surface area contributed by atoms with Gasteiger partial charge in [0.2, 0.25) is 0 Å². The van der Waals surface area contributed by atoms with Crippen molar-refractivity contribution in [3.05, 3.63) is 104 Å². The van der Waals surface area contributed by atoms with Gasteiger partial charge in [-0.15, -0.1) is 0 Å². The number of pyridine rings is 1. The van der Waals surface area contributed by atoms with E-state index in [1.165, 1.54) is 13.2 Å². The molecule has 4 aromatic heterocycles. The molecule has 5 rings (SSSR count). The van der Waals surface area contributed by atoms with E-state index in [2.05, 4.69) is 5.10 Å². The van der Waals surface area contributed by atoms with E-state index in [-0.39, 0.29) is 12.4 Å². The van der Waals surface area contributed by atoms with Gasteiger partial charge in [-0.3, -0.25) is 23.5 Å². The fourth-order valence-corrected chi connectivity index (χ4v) is 4.31. The van der Waals surface area contributed by atoms with Crippen LogP contribution in [0.25, 0.3) is 33.8 Å². The first-order valence-electron chi connectivity index (χ1n) is 12.0. The maximum Gasteiger partial charge on any atom is 0.333 e. The van der Waals surface area contributed by atoms with Gasteiger partial charge in [0.05, 0.1) is 23.9 Å². The molecule has 0 atom stereocenters. The van der Waals surface area contributed by atoms with Crippen LogP contribution in [0.5, 0.6) is 0 Å². The van der Waals surface area contributed by atoms with Crippen LogP contribution < -0.4 is 16.8 Å². The molecule has 0 fully saturated rings. The van der Waals surface area contributed by atoms with E-state index in [1.54, 1.807) is 10.6 Å². The Morgan fingerprint density at radius 3 is 2.39 bits per heavy atom. The first-order valence-corrected chi connectivity index (χ1v) is 12.0. The Hall–Kier alpha value is -5.06. The van der Waals surface area contributed by atoms with Crippen molar-refractivity contribution in [1.82, 2.24) is 28.5 Å². The molecule has 1 aromatic carbocycles. The summed E-state index contributed by atoms with van der Waals surface area (Å²) in [7, 11) is 1.19. The Labute approximate surface area is 215 Å². The average molecular weight is 513 g/mol. The minimum absolute atomic E-state index is 0.137. The van der Waals surface area contributed by atoms with Crippen LogP contribution in [0.4, 0.5) is 0 Å². The monoisotopic (exact) mass is 512 g/mol. The van der Waals surface area contributed by atoms with Crippen molar-refractivity contribution in [2.75, 3.05) is 7.11 Å². The summed E-state index contributed by atoms with van der Waals surface area (Å²) < 4.78 is 9.46. The quantitative estimate of drug-likeness (QED) is 0.306. The Morgan fingerprint density at radius 2 is 1.66 bits per heavy atom. The van der Waals surface area contributed by atoms with E-state index in [0.717, 1.165) is 31.0 Å². The molecule has 0 unspecified atom stereocenters. The van der Waals surface area contributed by atoms with Gasteiger partial charge < -0.3 is 4.74 Å². The minimum Gasteiger partial charge on any atom is -0.468 e. The Balaban J connectivity index is 1.78. The molecular formula is C27H24N6O5. The van der Waals surface area contributed by atoms with Crippen LogP contribution in [0.15, 0.2) is 87.3 Å². The Morgan fingerprint density at radius 1 is 0.895 bits per heavy atom. The van der Waals surface area contributed by atoms with E-state index in [1.807, 2.05) is 61.7 Å². The lowest BCUT2D eigenvalue weighted by molar-refractivity contribution is -0.141. The van der Waals surface area contributed by atoms with Crippen molar-refractivity contribution in [3.63, 3.8) is 0 Å². The molecule has 0 saturated carbocycles. The van der Waals surface area contributed by atoms with Crippen LogP contribution in [0.1, 0.15) is 13.3 Å². The maximum atomic E-state index is 13.2. The number of benzene rings is 1. The number of hydrogen-bond acceptors (Lipinski definition) is 7. The predicted molar refractivity (Wildman–Crippen MR) is 140 cm³/mol. The van der Waals surface area contributed by atoms with Gasteiger partial charge in [-0.2, -0.15) is 14.9 Å². The molecule has 0 N–H and O–H groups in total. The average Bonchev–Trinajstić information content (AvgIpc) is 3.33. The summed E-state index contributed by atoms with van der Waals surface area (Å²) in [5.74, 6) is -0.851. The summed E-state index contributed by atoms with van der Waals surface area (Å²) >= 11 is 0. The number of nitrogens with zero attached hydrogens (tertiary/aromatic N) is 6. The first-order chi connectivity index (χ1) is 18.4. The van der Waals surface area contributed by atoms with Crippen molar-refractivity contribution >= 4 is 11.5 Å².